The van der Waals surface area contributed by atoms with E-state index in [4.69, 9.17) is 14.6 Å². The first kappa shape index (κ1) is 20.5. The summed E-state index contributed by atoms with van der Waals surface area (Å²) in [6.45, 7) is 0.481. The van der Waals surface area contributed by atoms with Gasteiger partial charge in [-0.3, -0.25) is 9.59 Å². The van der Waals surface area contributed by atoms with Gasteiger partial charge in [0.15, 0.2) is 11.5 Å². The van der Waals surface area contributed by atoms with Gasteiger partial charge in [-0.2, -0.15) is 0 Å². The van der Waals surface area contributed by atoms with Crippen LogP contribution in [0.25, 0.3) is 6.08 Å². The van der Waals surface area contributed by atoms with Gasteiger partial charge in [0.25, 0.3) is 0 Å². The van der Waals surface area contributed by atoms with E-state index in [0.717, 1.165) is 11.1 Å². The molecule has 0 heterocycles. The van der Waals surface area contributed by atoms with Gasteiger partial charge in [-0.05, 0) is 45.3 Å². The number of nitrogens with one attached hydrogen (secondary N) is 1. The predicted octanol–water partition coefficient (Wildman–Crippen LogP) is 3.64. The Bertz CT molecular complexity index is 821. The summed E-state index contributed by atoms with van der Waals surface area (Å²) in [5.41, 5.74) is 1.77. The van der Waals surface area contributed by atoms with Crippen LogP contribution in [0.3, 0.4) is 0 Å². The van der Waals surface area contributed by atoms with Gasteiger partial charge >= 0.3 is 5.97 Å². The van der Waals surface area contributed by atoms with E-state index >= 15 is 0 Å². The summed E-state index contributed by atoms with van der Waals surface area (Å²) < 4.78 is 12.0. The van der Waals surface area contributed by atoms with Crippen molar-refractivity contribution < 1.29 is 24.2 Å². The van der Waals surface area contributed by atoms with Crippen molar-refractivity contribution in [3.05, 3.63) is 64.1 Å². The third kappa shape index (κ3) is 6.79. The van der Waals surface area contributed by atoms with Crippen molar-refractivity contribution in [2.45, 2.75) is 13.0 Å². The molecule has 27 heavy (non-hydrogen) atoms. The maximum absolute atomic E-state index is 11.7. The molecule has 0 aliphatic carbocycles. The van der Waals surface area contributed by atoms with Gasteiger partial charge in [-0.25, -0.2) is 0 Å². The van der Waals surface area contributed by atoms with Crippen molar-refractivity contribution >= 4 is 33.9 Å². The molecule has 2 aromatic carbocycles. The van der Waals surface area contributed by atoms with Gasteiger partial charge in [0.1, 0.15) is 6.61 Å². The zero-order chi connectivity index (χ0) is 19.6. The number of aliphatic carboxylic acids is 1. The molecule has 2 N–H and O–H groups in total. The molecule has 1 amide bonds. The molecule has 0 radical (unpaired) electrons. The number of benzene rings is 2. The second-order valence-electron chi connectivity index (χ2n) is 5.58. The summed E-state index contributed by atoms with van der Waals surface area (Å²) in [6, 6.07) is 13.3. The monoisotopic (exact) mass is 433 g/mol. The molecule has 0 aromatic heterocycles. The predicted molar refractivity (Wildman–Crippen MR) is 106 cm³/mol. The number of halogens is 1. The minimum atomic E-state index is -0.959. The number of carboxylic acids is 1. The van der Waals surface area contributed by atoms with Crippen molar-refractivity contribution in [2.24, 2.45) is 0 Å². The van der Waals surface area contributed by atoms with Crippen molar-refractivity contribution in [3.63, 3.8) is 0 Å². The number of carbonyl (C=O) groups is 2. The molecule has 142 valence electrons. The summed E-state index contributed by atoms with van der Waals surface area (Å²) in [7, 11) is 1.54. The molecular formula is C20H20BrNO5. The number of carbonyl (C=O) groups excluding carboxylic acids is 1. The lowest BCUT2D eigenvalue weighted by Gasteiger charge is -2.13. The maximum Gasteiger partial charge on any atom is 0.305 e. The van der Waals surface area contributed by atoms with E-state index in [1.807, 2.05) is 36.4 Å². The van der Waals surface area contributed by atoms with E-state index in [2.05, 4.69) is 21.2 Å². The molecule has 0 fully saturated rings. The molecule has 7 heteroatoms. The largest absolute Gasteiger partial charge is 0.493 e. The van der Waals surface area contributed by atoms with Crippen LogP contribution in [-0.2, 0) is 16.2 Å². The van der Waals surface area contributed by atoms with Crippen LogP contribution in [0, 0.1) is 0 Å². The Hall–Kier alpha value is -2.80. The molecule has 0 atom stereocenters. The quantitative estimate of drug-likeness (QED) is 0.589. The van der Waals surface area contributed by atoms with E-state index in [1.54, 1.807) is 19.3 Å². The molecule has 0 saturated carbocycles. The Balaban J connectivity index is 2.05. The second kappa shape index (κ2) is 10.4. The summed E-state index contributed by atoms with van der Waals surface area (Å²) >= 11 is 3.47. The van der Waals surface area contributed by atoms with E-state index in [0.29, 0.717) is 22.6 Å². The van der Waals surface area contributed by atoms with Crippen LogP contribution in [0.5, 0.6) is 11.5 Å². The van der Waals surface area contributed by atoms with Crippen LogP contribution < -0.4 is 14.8 Å². The normalized spacial score (nSPS) is 10.6. The van der Waals surface area contributed by atoms with Crippen molar-refractivity contribution in [1.82, 2.24) is 5.32 Å². The highest BCUT2D eigenvalue weighted by Crippen LogP contribution is 2.37. The van der Waals surface area contributed by atoms with Gasteiger partial charge < -0.3 is 19.9 Å². The molecule has 2 aromatic rings. The Kier molecular flexibility index (Phi) is 7.88. The fourth-order valence-electron chi connectivity index (χ4n) is 2.23. The van der Waals surface area contributed by atoms with Gasteiger partial charge in [0.05, 0.1) is 18.0 Å². The lowest BCUT2D eigenvalue weighted by atomic mass is 10.2. The van der Waals surface area contributed by atoms with E-state index < -0.39 is 5.97 Å². The van der Waals surface area contributed by atoms with Crippen LogP contribution in [0.4, 0.5) is 0 Å². The van der Waals surface area contributed by atoms with Crippen LogP contribution in [0.15, 0.2) is 53.0 Å². The summed E-state index contributed by atoms with van der Waals surface area (Å²) in [4.78, 5) is 22.1. The van der Waals surface area contributed by atoms with E-state index in [9.17, 15) is 9.59 Å². The SMILES string of the molecule is COc1cc(/C=C/C(=O)NCCC(=O)O)cc(Br)c1OCc1ccccc1. The van der Waals surface area contributed by atoms with Crippen molar-refractivity contribution in [1.29, 1.82) is 0 Å². The molecule has 2 rings (SSSR count). The number of ether oxygens (including phenoxy) is 2. The summed E-state index contributed by atoms with van der Waals surface area (Å²) in [5, 5.41) is 11.1. The van der Waals surface area contributed by atoms with Gasteiger partial charge in [0, 0.05) is 12.6 Å². The highest BCUT2D eigenvalue weighted by atomic mass is 79.9. The molecule has 0 saturated heterocycles. The zero-order valence-electron chi connectivity index (χ0n) is 14.8. The minimum absolute atomic E-state index is 0.0811. The Labute approximate surface area is 165 Å². The highest BCUT2D eigenvalue weighted by molar-refractivity contribution is 9.10. The van der Waals surface area contributed by atoms with Crippen LogP contribution >= 0.6 is 15.9 Å². The van der Waals surface area contributed by atoms with E-state index in [-0.39, 0.29) is 18.9 Å². The van der Waals surface area contributed by atoms with Gasteiger partial charge in [0.2, 0.25) is 5.91 Å². The molecule has 0 aliphatic heterocycles. The molecule has 0 unspecified atom stereocenters. The molecular weight excluding hydrogens is 414 g/mol. The molecule has 6 nitrogen and oxygen atoms in total. The molecule has 0 aliphatic rings. The fourth-order valence-corrected chi connectivity index (χ4v) is 2.80. The number of hydrogen-bond donors (Lipinski definition) is 2. The standard InChI is InChI=1S/C20H20BrNO5/c1-26-17-12-15(7-8-18(23)22-10-9-19(24)25)11-16(21)20(17)27-13-14-5-3-2-4-6-14/h2-8,11-12H,9-10,13H2,1H3,(H,22,23)(H,24,25)/b8-7+. The van der Waals surface area contributed by atoms with Gasteiger partial charge in [-0.1, -0.05) is 30.3 Å². The van der Waals surface area contributed by atoms with Crippen LogP contribution in [0.1, 0.15) is 17.5 Å². The summed E-state index contributed by atoms with van der Waals surface area (Å²) in [6.07, 6.45) is 2.84. The Morgan fingerprint density at radius 2 is 1.96 bits per heavy atom. The molecule has 0 bridgehead atoms. The highest BCUT2D eigenvalue weighted by Gasteiger charge is 2.11. The third-order valence-electron chi connectivity index (χ3n) is 3.54. The average molecular weight is 434 g/mol. The van der Waals surface area contributed by atoms with E-state index in [1.165, 1.54) is 6.08 Å². The number of carboxylic acid groups (broad SMARTS) is 1. The number of hydrogen-bond acceptors (Lipinski definition) is 4. The lowest BCUT2D eigenvalue weighted by Crippen LogP contribution is -2.23. The first-order valence-electron chi connectivity index (χ1n) is 8.21. The van der Waals surface area contributed by atoms with Crippen LogP contribution in [-0.4, -0.2) is 30.6 Å². The Morgan fingerprint density at radius 3 is 2.63 bits per heavy atom. The van der Waals surface area contributed by atoms with Crippen molar-refractivity contribution in [3.8, 4) is 11.5 Å². The van der Waals surface area contributed by atoms with Crippen molar-refractivity contribution in [2.75, 3.05) is 13.7 Å². The van der Waals surface area contributed by atoms with Gasteiger partial charge in [-0.15, -0.1) is 0 Å². The lowest BCUT2D eigenvalue weighted by molar-refractivity contribution is -0.136. The minimum Gasteiger partial charge on any atom is -0.493 e. The third-order valence-corrected chi connectivity index (χ3v) is 4.13. The fraction of sp³-hybridized carbons (Fsp3) is 0.200. The second-order valence-corrected chi connectivity index (χ2v) is 6.43. The molecule has 0 spiro atoms. The summed E-state index contributed by atoms with van der Waals surface area (Å²) in [5.74, 6) is -0.217. The average Bonchev–Trinajstić information content (AvgIpc) is 2.65. The van der Waals surface area contributed by atoms with Crippen LogP contribution in [0.2, 0.25) is 0 Å². The number of amides is 1. The Morgan fingerprint density at radius 1 is 1.22 bits per heavy atom. The number of rotatable bonds is 9. The number of methoxy groups -OCH3 is 1. The zero-order valence-corrected chi connectivity index (χ0v) is 16.4. The topological polar surface area (TPSA) is 84.9 Å². The maximum atomic E-state index is 11.7. The first-order valence-corrected chi connectivity index (χ1v) is 9.01. The first-order chi connectivity index (χ1) is 13.0. The smallest absolute Gasteiger partial charge is 0.305 e.